The first-order valence-electron chi connectivity index (χ1n) is 10.3. The van der Waals surface area contributed by atoms with E-state index in [1.54, 1.807) is 6.07 Å². The number of anilines is 2. The molecule has 0 aliphatic heterocycles. The first kappa shape index (κ1) is 29.1. The topological polar surface area (TPSA) is 129 Å². The summed E-state index contributed by atoms with van der Waals surface area (Å²) in [6, 6.07) is 11.1. The molecule has 0 atom stereocenters. The fourth-order valence-corrected chi connectivity index (χ4v) is 2.70. The molecule has 0 fully saturated rings. The van der Waals surface area contributed by atoms with E-state index in [2.05, 4.69) is 25.3 Å². The molecule has 37 heavy (non-hydrogen) atoms. The van der Waals surface area contributed by atoms with Crippen molar-refractivity contribution in [1.29, 1.82) is 0 Å². The second kappa shape index (κ2) is 11.3. The van der Waals surface area contributed by atoms with Gasteiger partial charge in [0.1, 0.15) is 17.3 Å². The highest BCUT2D eigenvalue weighted by atomic mass is 19.4. The maximum absolute atomic E-state index is 12.2. The highest BCUT2D eigenvalue weighted by molar-refractivity contribution is 5.87. The standard InChI is InChI=1S/C15H17F3N4O2.C7H7F3N2O/c1-14(2,3)11-8-12(20-13(19)23)22(21-11)9-4-6-10(7-5-9)24-15(16,17)18;8-7(9,10)13-6-3-1-5(12-11)2-4-6/h4-8H,1-3H3,(H3,19,20,23);1-4,12H,11H2. The smallest absolute Gasteiger partial charge is 0.406 e. The Hall–Kier alpha value is -4.14. The summed E-state index contributed by atoms with van der Waals surface area (Å²) in [4.78, 5) is 11.1. The minimum atomic E-state index is -4.76. The summed E-state index contributed by atoms with van der Waals surface area (Å²) in [6.07, 6.45) is -9.41. The quantitative estimate of drug-likeness (QED) is 0.196. The summed E-state index contributed by atoms with van der Waals surface area (Å²) in [7, 11) is 0. The Morgan fingerprint density at radius 3 is 1.70 bits per heavy atom. The number of nitrogen functional groups attached to an aromatic ring is 1. The lowest BCUT2D eigenvalue weighted by Crippen LogP contribution is -2.21. The number of carbonyl (C=O) groups is 1. The second-order valence-corrected chi connectivity index (χ2v) is 8.32. The van der Waals surface area contributed by atoms with E-state index in [0.717, 1.165) is 12.1 Å². The zero-order valence-corrected chi connectivity index (χ0v) is 19.7. The van der Waals surface area contributed by atoms with E-state index in [0.29, 0.717) is 22.9 Å². The van der Waals surface area contributed by atoms with Gasteiger partial charge in [-0.05, 0) is 48.5 Å². The molecular formula is C22H24F6N6O3. The van der Waals surface area contributed by atoms with E-state index >= 15 is 0 Å². The van der Waals surface area contributed by atoms with Crippen LogP contribution in [-0.4, -0.2) is 28.5 Å². The molecule has 2 aromatic carbocycles. The molecule has 2 amide bonds. The molecule has 1 aromatic heterocycles. The van der Waals surface area contributed by atoms with Crippen molar-refractivity contribution in [3.05, 3.63) is 60.3 Å². The van der Waals surface area contributed by atoms with Crippen LogP contribution in [0.3, 0.4) is 0 Å². The zero-order valence-electron chi connectivity index (χ0n) is 19.7. The van der Waals surface area contributed by atoms with Gasteiger partial charge >= 0.3 is 18.8 Å². The van der Waals surface area contributed by atoms with Gasteiger partial charge < -0.3 is 20.6 Å². The molecule has 0 aliphatic rings. The van der Waals surface area contributed by atoms with Crippen LogP contribution >= 0.6 is 0 Å². The Labute approximate surface area is 207 Å². The highest BCUT2D eigenvalue weighted by Gasteiger charge is 2.31. The second-order valence-electron chi connectivity index (χ2n) is 8.32. The van der Waals surface area contributed by atoms with Crippen LogP contribution in [0, 0.1) is 0 Å². The van der Waals surface area contributed by atoms with E-state index < -0.39 is 18.8 Å². The molecule has 6 N–H and O–H groups in total. The number of amides is 2. The van der Waals surface area contributed by atoms with Gasteiger partial charge in [-0.2, -0.15) is 5.10 Å². The van der Waals surface area contributed by atoms with Crippen molar-refractivity contribution in [3.63, 3.8) is 0 Å². The van der Waals surface area contributed by atoms with Crippen LogP contribution in [0.25, 0.3) is 5.69 Å². The maximum atomic E-state index is 12.2. The third kappa shape index (κ3) is 9.79. The van der Waals surface area contributed by atoms with Crippen molar-refractivity contribution < 1.29 is 40.6 Å². The molecule has 0 unspecified atom stereocenters. The molecule has 0 saturated carbocycles. The number of aromatic nitrogens is 2. The van der Waals surface area contributed by atoms with Gasteiger partial charge in [0.05, 0.1) is 11.4 Å². The third-order valence-corrected chi connectivity index (χ3v) is 4.30. The fraction of sp³-hybridized carbons (Fsp3) is 0.273. The zero-order chi connectivity index (χ0) is 28.0. The van der Waals surface area contributed by atoms with Crippen molar-refractivity contribution in [2.75, 3.05) is 10.7 Å². The van der Waals surface area contributed by atoms with Crippen molar-refractivity contribution in [1.82, 2.24) is 9.78 Å². The monoisotopic (exact) mass is 534 g/mol. The van der Waals surface area contributed by atoms with Gasteiger partial charge in [0.25, 0.3) is 0 Å². The number of nitrogens with zero attached hydrogens (tertiary/aromatic N) is 2. The minimum Gasteiger partial charge on any atom is -0.406 e. The van der Waals surface area contributed by atoms with Crippen LogP contribution in [-0.2, 0) is 5.41 Å². The highest BCUT2D eigenvalue weighted by Crippen LogP contribution is 2.28. The molecule has 0 saturated heterocycles. The summed E-state index contributed by atoms with van der Waals surface area (Å²) in [5, 5.41) is 6.84. The summed E-state index contributed by atoms with van der Waals surface area (Å²) >= 11 is 0. The van der Waals surface area contributed by atoms with Gasteiger partial charge in [-0.1, -0.05) is 20.8 Å². The third-order valence-electron chi connectivity index (χ3n) is 4.30. The molecule has 0 radical (unpaired) electrons. The van der Waals surface area contributed by atoms with E-state index in [1.165, 1.54) is 41.1 Å². The average Bonchev–Trinajstić information content (AvgIpc) is 3.17. The van der Waals surface area contributed by atoms with Crippen molar-refractivity contribution >= 4 is 17.5 Å². The molecule has 202 valence electrons. The van der Waals surface area contributed by atoms with E-state index in [-0.39, 0.29) is 16.9 Å². The van der Waals surface area contributed by atoms with Crippen LogP contribution < -0.4 is 31.8 Å². The first-order chi connectivity index (χ1) is 17.0. The van der Waals surface area contributed by atoms with Crippen LogP contribution in [0.4, 0.5) is 42.6 Å². The number of carbonyl (C=O) groups excluding carboxylic acids is 1. The van der Waals surface area contributed by atoms with Gasteiger partial charge in [-0.25, -0.2) is 9.48 Å². The largest absolute Gasteiger partial charge is 0.573 e. The maximum Gasteiger partial charge on any atom is 0.573 e. The van der Waals surface area contributed by atoms with Crippen LogP contribution in [0.1, 0.15) is 26.5 Å². The molecule has 1 heterocycles. The molecule has 9 nitrogen and oxygen atoms in total. The Kier molecular flexibility index (Phi) is 8.87. The predicted molar refractivity (Wildman–Crippen MR) is 123 cm³/mol. The Morgan fingerprint density at radius 2 is 1.32 bits per heavy atom. The lowest BCUT2D eigenvalue weighted by molar-refractivity contribution is -0.275. The SMILES string of the molecule is CC(C)(C)c1cc(NC(N)=O)n(-c2ccc(OC(F)(F)F)cc2)n1.NNc1ccc(OC(F)(F)F)cc1. The predicted octanol–water partition coefficient (Wildman–Crippen LogP) is 5.43. The number of halogens is 6. The molecule has 15 heteroatoms. The van der Waals surface area contributed by atoms with Crippen molar-refractivity contribution in [3.8, 4) is 17.2 Å². The van der Waals surface area contributed by atoms with Crippen molar-refractivity contribution in [2.45, 2.75) is 38.9 Å². The Bertz CT molecular complexity index is 1170. The number of nitrogens with one attached hydrogen (secondary N) is 2. The van der Waals surface area contributed by atoms with E-state index in [1.807, 2.05) is 20.8 Å². The normalized spacial score (nSPS) is 11.7. The number of rotatable bonds is 5. The Morgan fingerprint density at radius 1 is 0.865 bits per heavy atom. The number of alkyl halides is 6. The summed E-state index contributed by atoms with van der Waals surface area (Å²) < 4.78 is 80.5. The number of ether oxygens (including phenoxy) is 2. The summed E-state index contributed by atoms with van der Waals surface area (Å²) in [5.74, 6) is 4.71. The van der Waals surface area contributed by atoms with E-state index in [4.69, 9.17) is 11.6 Å². The van der Waals surface area contributed by atoms with Crippen LogP contribution in [0.2, 0.25) is 0 Å². The number of nitrogens with two attached hydrogens (primary N) is 2. The Balaban J connectivity index is 0.000000312. The fourth-order valence-electron chi connectivity index (χ4n) is 2.70. The summed E-state index contributed by atoms with van der Waals surface area (Å²) in [6.45, 7) is 5.82. The molecule has 0 bridgehead atoms. The molecule has 3 aromatic rings. The molecule has 0 spiro atoms. The molecular weight excluding hydrogens is 510 g/mol. The van der Waals surface area contributed by atoms with Crippen molar-refractivity contribution in [2.24, 2.45) is 11.6 Å². The number of hydrogen-bond donors (Lipinski definition) is 4. The molecule has 3 rings (SSSR count). The lowest BCUT2D eigenvalue weighted by atomic mass is 9.92. The number of hydrazine groups is 1. The number of urea groups is 1. The molecule has 0 aliphatic carbocycles. The lowest BCUT2D eigenvalue weighted by Gasteiger charge is -2.14. The van der Waals surface area contributed by atoms with Gasteiger partial charge in [0.2, 0.25) is 0 Å². The van der Waals surface area contributed by atoms with Gasteiger partial charge in [0, 0.05) is 17.2 Å². The number of benzene rings is 2. The number of primary amides is 1. The number of hydrogen-bond acceptors (Lipinski definition) is 6. The van der Waals surface area contributed by atoms with Gasteiger partial charge in [0.15, 0.2) is 0 Å². The first-order valence-corrected chi connectivity index (χ1v) is 10.3. The minimum absolute atomic E-state index is 0.272. The van der Waals surface area contributed by atoms with Gasteiger partial charge in [-0.3, -0.25) is 11.2 Å². The van der Waals surface area contributed by atoms with Crippen LogP contribution in [0.5, 0.6) is 11.5 Å². The average molecular weight is 534 g/mol. The van der Waals surface area contributed by atoms with Gasteiger partial charge in [-0.15, -0.1) is 26.3 Å². The van der Waals surface area contributed by atoms with E-state index in [9.17, 15) is 31.1 Å². The summed E-state index contributed by atoms with van der Waals surface area (Å²) in [5.41, 5.74) is 8.77. The van der Waals surface area contributed by atoms with Crippen LogP contribution in [0.15, 0.2) is 54.6 Å².